The van der Waals surface area contributed by atoms with Crippen molar-refractivity contribution in [2.45, 2.75) is 65.1 Å². The monoisotopic (exact) mass is 545 g/mol. The maximum atomic E-state index is 15.9. The van der Waals surface area contributed by atoms with Gasteiger partial charge in [0.05, 0.1) is 16.6 Å². The van der Waals surface area contributed by atoms with Crippen LogP contribution in [-0.4, -0.2) is 55.8 Å². The van der Waals surface area contributed by atoms with E-state index in [1.807, 2.05) is 75.7 Å². The highest BCUT2D eigenvalue weighted by atomic mass is 19.1. The minimum absolute atomic E-state index is 0.0952. The molecule has 1 aliphatic carbocycles. The molecule has 0 unspecified atom stereocenters. The minimum Gasteiger partial charge on any atom is -0.444 e. The van der Waals surface area contributed by atoms with E-state index in [2.05, 4.69) is 9.88 Å². The molecule has 6 rings (SSSR count). The first-order valence-electron chi connectivity index (χ1n) is 14.1. The zero-order valence-electron chi connectivity index (χ0n) is 23.8. The van der Waals surface area contributed by atoms with Crippen LogP contribution in [0, 0.1) is 11.7 Å². The summed E-state index contributed by atoms with van der Waals surface area (Å²) in [6.07, 6.45) is 2.51. The average Bonchev–Trinajstić information content (AvgIpc) is 3.60. The lowest BCUT2D eigenvalue weighted by atomic mass is 9.97. The summed E-state index contributed by atoms with van der Waals surface area (Å²) in [5.74, 6) is 0.772. The average molecular weight is 546 g/mol. The first kappa shape index (κ1) is 26.3. The number of benzene rings is 2. The molecule has 0 bridgehead atoms. The van der Waals surface area contributed by atoms with E-state index in [0.717, 1.165) is 36.0 Å². The number of rotatable bonds is 6. The number of aryl methyl sites for hydroxylation is 1. The van der Waals surface area contributed by atoms with Gasteiger partial charge in [-0.3, -0.25) is 4.79 Å². The number of halogens is 1. The molecule has 8 nitrogen and oxygen atoms in total. The summed E-state index contributed by atoms with van der Waals surface area (Å²) >= 11 is 0. The van der Waals surface area contributed by atoms with Crippen molar-refractivity contribution in [3.05, 3.63) is 53.3 Å². The normalized spacial score (nSPS) is 16.4. The fourth-order valence-electron chi connectivity index (χ4n) is 5.71. The Morgan fingerprint density at radius 3 is 2.67 bits per heavy atom. The fourth-order valence-corrected chi connectivity index (χ4v) is 5.71. The second-order valence-corrected chi connectivity index (χ2v) is 12.3. The van der Waals surface area contributed by atoms with Crippen LogP contribution in [0.15, 0.2) is 36.4 Å². The fraction of sp³-hybridized carbons (Fsp3) is 0.452. The van der Waals surface area contributed by atoms with E-state index in [-0.39, 0.29) is 17.8 Å². The molecule has 1 saturated carbocycles. The number of carbonyl (C=O) groups excluding carboxylic acids is 2. The number of imidazole rings is 1. The number of nitrogens with zero attached hydrogens (tertiary/aromatic N) is 4. The van der Waals surface area contributed by atoms with Gasteiger partial charge in [-0.05, 0) is 82.7 Å². The number of hydrogen-bond acceptors (Lipinski definition) is 4. The van der Waals surface area contributed by atoms with E-state index < -0.39 is 11.7 Å². The highest BCUT2D eigenvalue weighted by Gasteiger charge is 2.31. The molecule has 2 aromatic carbocycles. The largest absolute Gasteiger partial charge is 0.444 e. The molecule has 3 heterocycles. The van der Waals surface area contributed by atoms with Crippen LogP contribution in [0.5, 0.6) is 0 Å². The van der Waals surface area contributed by atoms with Gasteiger partial charge in [0, 0.05) is 43.7 Å². The number of nitrogens with one attached hydrogen (secondary N) is 1. The summed E-state index contributed by atoms with van der Waals surface area (Å²) < 4.78 is 25.3. The molecule has 0 radical (unpaired) electrons. The summed E-state index contributed by atoms with van der Waals surface area (Å²) in [5, 5.41) is 3.42. The molecule has 40 heavy (non-hydrogen) atoms. The van der Waals surface area contributed by atoms with E-state index >= 15 is 4.39 Å². The number of amides is 2. The number of alkyl carbamates (subject to hydrolysis) is 1. The summed E-state index contributed by atoms with van der Waals surface area (Å²) in [7, 11) is 1.91. The molecule has 0 spiro atoms. The van der Waals surface area contributed by atoms with E-state index in [4.69, 9.17) is 9.72 Å². The van der Waals surface area contributed by atoms with Gasteiger partial charge in [-0.1, -0.05) is 12.1 Å². The van der Waals surface area contributed by atoms with Gasteiger partial charge < -0.3 is 24.1 Å². The lowest BCUT2D eigenvalue weighted by molar-refractivity contribution is 0.0483. The molecule has 210 valence electrons. The predicted molar refractivity (Wildman–Crippen MR) is 153 cm³/mol. The van der Waals surface area contributed by atoms with Crippen molar-refractivity contribution in [1.82, 2.24) is 24.3 Å². The molecular formula is C31H36FN5O3. The van der Waals surface area contributed by atoms with Crippen LogP contribution in [0.3, 0.4) is 0 Å². The van der Waals surface area contributed by atoms with Crippen LogP contribution in [0.1, 0.15) is 56.5 Å². The van der Waals surface area contributed by atoms with E-state index in [0.29, 0.717) is 53.4 Å². The molecule has 2 aromatic heterocycles. The van der Waals surface area contributed by atoms with Gasteiger partial charge in [-0.2, -0.15) is 0 Å². The Kier molecular flexibility index (Phi) is 6.35. The third kappa shape index (κ3) is 4.82. The predicted octanol–water partition coefficient (Wildman–Crippen LogP) is 5.66. The lowest BCUT2D eigenvalue weighted by Crippen LogP contribution is -2.47. The Balaban J connectivity index is 1.31. The quantitative estimate of drug-likeness (QED) is 0.339. The first-order chi connectivity index (χ1) is 19.0. The van der Waals surface area contributed by atoms with Crippen LogP contribution >= 0.6 is 0 Å². The van der Waals surface area contributed by atoms with Crippen LogP contribution < -0.4 is 5.32 Å². The molecule has 1 fully saturated rings. The topological polar surface area (TPSA) is 81.4 Å². The number of hydrogen-bond donors (Lipinski definition) is 1. The van der Waals surface area contributed by atoms with Crippen molar-refractivity contribution in [3.63, 3.8) is 0 Å². The molecule has 0 saturated heterocycles. The molecule has 1 atom stereocenters. The molecule has 1 aliphatic heterocycles. The SMILES string of the molecule is C[C@H](CN1CCc2cc3c(cc2C1=O)nc(-c1c(F)c2ccccc2n1CC1CC1)n3C)NC(=O)OC(C)(C)C. The van der Waals surface area contributed by atoms with Crippen LogP contribution in [-0.2, 0) is 24.8 Å². The number of para-hydroxylation sites is 1. The summed E-state index contributed by atoms with van der Waals surface area (Å²) in [6.45, 7) is 8.98. The van der Waals surface area contributed by atoms with E-state index in [9.17, 15) is 9.59 Å². The molecular weight excluding hydrogens is 509 g/mol. The van der Waals surface area contributed by atoms with E-state index in [1.165, 1.54) is 0 Å². The zero-order valence-corrected chi connectivity index (χ0v) is 23.8. The van der Waals surface area contributed by atoms with Crippen molar-refractivity contribution < 1.29 is 18.7 Å². The Hall–Kier alpha value is -3.88. The van der Waals surface area contributed by atoms with Gasteiger partial charge in [-0.25, -0.2) is 14.2 Å². The minimum atomic E-state index is -0.591. The third-order valence-corrected chi connectivity index (χ3v) is 7.79. The lowest BCUT2D eigenvalue weighted by Gasteiger charge is -2.31. The van der Waals surface area contributed by atoms with Crippen molar-refractivity contribution in [2.75, 3.05) is 13.1 Å². The summed E-state index contributed by atoms with van der Waals surface area (Å²) in [4.78, 5) is 32.3. The molecule has 4 aromatic rings. The maximum absolute atomic E-state index is 15.9. The Bertz CT molecular complexity index is 1640. The summed E-state index contributed by atoms with van der Waals surface area (Å²) in [5.41, 5.74) is 3.88. The highest BCUT2D eigenvalue weighted by molar-refractivity contribution is 6.00. The molecule has 2 amide bonds. The number of aromatic nitrogens is 3. The summed E-state index contributed by atoms with van der Waals surface area (Å²) in [6, 6.07) is 11.2. The van der Waals surface area contributed by atoms with Crippen LogP contribution in [0.4, 0.5) is 9.18 Å². The molecule has 1 N–H and O–H groups in total. The number of carbonyl (C=O) groups is 2. The van der Waals surface area contributed by atoms with Crippen LogP contribution in [0.25, 0.3) is 33.5 Å². The Labute approximate surface area is 233 Å². The number of ether oxygens (including phenoxy) is 1. The van der Waals surface area contributed by atoms with Gasteiger partial charge in [0.1, 0.15) is 11.3 Å². The second-order valence-electron chi connectivity index (χ2n) is 12.3. The standard InChI is InChI=1S/C31H36FN5O3/c1-18(33-30(39)40-31(2,3)4)16-36-13-12-20-14-25-23(15-22(20)29(36)38)34-28(35(25)5)27-26(32)21-8-6-7-9-24(21)37(27)17-19-10-11-19/h6-9,14-15,18-19H,10-13,16-17H2,1-5H3,(H,33,39)/t18-/m1/s1. The molecule has 2 aliphatic rings. The second kappa shape index (κ2) is 9.64. The number of fused-ring (bicyclic) bond motifs is 3. The van der Waals surface area contributed by atoms with Crippen molar-refractivity contribution in [1.29, 1.82) is 0 Å². The zero-order chi connectivity index (χ0) is 28.3. The Morgan fingerprint density at radius 1 is 1.20 bits per heavy atom. The maximum Gasteiger partial charge on any atom is 0.407 e. The third-order valence-electron chi connectivity index (χ3n) is 7.79. The Morgan fingerprint density at radius 2 is 1.95 bits per heavy atom. The van der Waals surface area contributed by atoms with Crippen LogP contribution in [0.2, 0.25) is 0 Å². The smallest absolute Gasteiger partial charge is 0.407 e. The van der Waals surface area contributed by atoms with Crippen molar-refractivity contribution in [2.24, 2.45) is 13.0 Å². The van der Waals surface area contributed by atoms with Gasteiger partial charge >= 0.3 is 6.09 Å². The van der Waals surface area contributed by atoms with Gasteiger partial charge in [0.25, 0.3) is 5.91 Å². The molecule has 9 heteroatoms. The van der Waals surface area contributed by atoms with Gasteiger partial charge in [0.15, 0.2) is 11.6 Å². The van der Waals surface area contributed by atoms with Gasteiger partial charge in [0.2, 0.25) is 0 Å². The van der Waals surface area contributed by atoms with Crippen molar-refractivity contribution in [3.8, 4) is 11.5 Å². The van der Waals surface area contributed by atoms with Gasteiger partial charge in [-0.15, -0.1) is 0 Å². The van der Waals surface area contributed by atoms with E-state index in [1.54, 1.807) is 4.90 Å². The van der Waals surface area contributed by atoms with Crippen molar-refractivity contribution >= 4 is 33.9 Å². The highest BCUT2D eigenvalue weighted by Crippen LogP contribution is 2.38. The first-order valence-corrected chi connectivity index (χ1v) is 14.1.